The Morgan fingerprint density at radius 1 is 1.23 bits per heavy atom. The average Bonchev–Trinajstić information content (AvgIpc) is 2.73. The lowest BCUT2D eigenvalue weighted by molar-refractivity contribution is -0.127. The van der Waals surface area contributed by atoms with Gasteiger partial charge in [0, 0.05) is 44.8 Å². The quantitative estimate of drug-likeness (QED) is 0.302. The Balaban J connectivity index is 0.00000480. The Hall–Kier alpha value is -1.75. The third-order valence-corrected chi connectivity index (χ3v) is 5.10. The van der Waals surface area contributed by atoms with Crippen molar-refractivity contribution in [1.29, 1.82) is 0 Å². The summed E-state index contributed by atoms with van der Waals surface area (Å²) < 4.78 is 5.07. The molecular weight excluding hydrogens is 533 g/mol. The molecule has 1 aliphatic heterocycles. The largest absolute Gasteiger partial charge is 0.450 e. The highest BCUT2D eigenvalue weighted by Gasteiger charge is 2.24. The van der Waals surface area contributed by atoms with E-state index in [1.54, 1.807) is 25.9 Å². The third-order valence-electron chi connectivity index (χ3n) is 4.85. The first-order valence-corrected chi connectivity index (χ1v) is 10.7. The van der Waals surface area contributed by atoms with Crippen LogP contribution in [0.25, 0.3) is 0 Å². The van der Waals surface area contributed by atoms with Gasteiger partial charge < -0.3 is 25.2 Å². The van der Waals surface area contributed by atoms with Gasteiger partial charge in [-0.1, -0.05) is 23.7 Å². The van der Waals surface area contributed by atoms with Gasteiger partial charge >= 0.3 is 6.09 Å². The van der Waals surface area contributed by atoms with Gasteiger partial charge in [0.2, 0.25) is 5.91 Å². The predicted molar refractivity (Wildman–Crippen MR) is 134 cm³/mol. The van der Waals surface area contributed by atoms with Crippen LogP contribution in [-0.4, -0.2) is 80.7 Å². The van der Waals surface area contributed by atoms with Crippen molar-refractivity contribution >= 4 is 53.5 Å². The fraction of sp³-hybridized carbons (Fsp3) is 0.571. The highest BCUT2D eigenvalue weighted by molar-refractivity contribution is 14.0. The maximum Gasteiger partial charge on any atom is 0.409 e. The number of piperidine rings is 1. The monoisotopic (exact) mass is 565 g/mol. The SMILES string of the molecule is CCOC(=O)N1CCC(NC(=NCC(=O)N(C)C)NCCc2ccc(Cl)cc2)CC1.I. The summed E-state index contributed by atoms with van der Waals surface area (Å²) in [6.07, 6.45) is 2.12. The van der Waals surface area contributed by atoms with Crippen LogP contribution in [0.1, 0.15) is 25.3 Å². The first-order valence-electron chi connectivity index (χ1n) is 10.3. The van der Waals surface area contributed by atoms with Crippen molar-refractivity contribution in [3.8, 4) is 0 Å². The molecule has 2 amide bonds. The maximum atomic E-state index is 11.9. The van der Waals surface area contributed by atoms with Crippen LogP contribution >= 0.6 is 35.6 Å². The minimum atomic E-state index is -0.262. The van der Waals surface area contributed by atoms with E-state index >= 15 is 0 Å². The molecular formula is C21H33ClIN5O3. The fourth-order valence-electron chi connectivity index (χ4n) is 3.03. The number of rotatable bonds is 7. The number of likely N-dealkylation sites (N-methyl/N-ethyl adjacent to an activating group) is 1. The predicted octanol–water partition coefficient (Wildman–Crippen LogP) is 2.74. The number of guanidine groups is 1. The zero-order chi connectivity index (χ0) is 21.9. The van der Waals surface area contributed by atoms with Crippen LogP contribution in [-0.2, 0) is 16.0 Å². The smallest absolute Gasteiger partial charge is 0.409 e. The van der Waals surface area contributed by atoms with E-state index < -0.39 is 0 Å². The molecule has 174 valence electrons. The van der Waals surface area contributed by atoms with Crippen molar-refractivity contribution in [2.24, 2.45) is 4.99 Å². The van der Waals surface area contributed by atoms with Crippen LogP contribution in [0, 0.1) is 0 Å². The highest BCUT2D eigenvalue weighted by Crippen LogP contribution is 2.12. The van der Waals surface area contributed by atoms with E-state index in [4.69, 9.17) is 16.3 Å². The van der Waals surface area contributed by atoms with E-state index in [0.29, 0.717) is 37.2 Å². The molecule has 10 heteroatoms. The van der Waals surface area contributed by atoms with Crippen molar-refractivity contribution in [2.45, 2.75) is 32.2 Å². The van der Waals surface area contributed by atoms with Crippen LogP contribution in [0.4, 0.5) is 4.79 Å². The molecule has 1 aliphatic rings. The molecule has 0 bridgehead atoms. The zero-order valence-corrected chi connectivity index (χ0v) is 21.5. The van der Waals surface area contributed by atoms with Gasteiger partial charge in [-0.05, 0) is 43.9 Å². The van der Waals surface area contributed by atoms with Crippen LogP contribution in [0.3, 0.4) is 0 Å². The van der Waals surface area contributed by atoms with Gasteiger partial charge in [-0.2, -0.15) is 0 Å². The summed E-state index contributed by atoms with van der Waals surface area (Å²) in [4.78, 5) is 31.5. The summed E-state index contributed by atoms with van der Waals surface area (Å²) in [5.41, 5.74) is 1.17. The van der Waals surface area contributed by atoms with Crippen molar-refractivity contribution in [1.82, 2.24) is 20.4 Å². The molecule has 8 nitrogen and oxygen atoms in total. The topological polar surface area (TPSA) is 86.3 Å². The van der Waals surface area contributed by atoms with Crippen LogP contribution in [0.2, 0.25) is 5.02 Å². The van der Waals surface area contributed by atoms with E-state index in [1.807, 2.05) is 24.3 Å². The van der Waals surface area contributed by atoms with Gasteiger partial charge in [-0.25, -0.2) is 9.79 Å². The van der Waals surface area contributed by atoms with Crippen LogP contribution in [0.15, 0.2) is 29.3 Å². The Kier molecular flexibility index (Phi) is 12.6. The second-order valence-electron chi connectivity index (χ2n) is 7.36. The molecule has 2 N–H and O–H groups in total. The molecule has 0 atom stereocenters. The summed E-state index contributed by atoms with van der Waals surface area (Å²) >= 11 is 5.94. The van der Waals surface area contributed by atoms with Gasteiger partial charge in [-0.3, -0.25) is 4.79 Å². The van der Waals surface area contributed by atoms with Gasteiger partial charge in [0.25, 0.3) is 0 Å². The summed E-state index contributed by atoms with van der Waals surface area (Å²) in [5.74, 6) is 0.541. The lowest BCUT2D eigenvalue weighted by Gasteiger charge is -2.32. The first kappa shape index (κ1) is 27.3. The first-order chi connectivity index (χ1) is 14.4. The summed E-state index contributed by atoms with van der Waals surface area (Å²) in [7, 11) is 3.42. The number of nitrogens with zero attached hydrogens (tertiary/aromatic N) is 3. The standard InChI is InChI=1S/C21H32ClN5O3.HI/c1-4-30-21(29)27-13-10-18(11-14-27)25-20(24-15-19(28)26(2)3)23-12-9-16-5-7-17(22)8-6-16;/h5-8,18H,4,9-15H2,1-3H3,(H2,23,24,25);1H. The van der Waals surface area contributed by atoms with Gasteiger partial charge in [0.1, 0.15) is 6.54 Å². The third kappa shape index (κ3) is 9.94. The molecule has 1 fully saturated rings. The number of hydrogen-bond donors (Lipinski definition) is 2. The average molecular weight is 566 g/mol. The van der Waals surface area contributed by atoms with E-state index in [9.17, 15) is 9.59 Å². The summed E-state index contributed by atoms with van der Waals surface area (Å²) in [6.45, 7) is 4.19. The molecule has 0 spiro atoms. The number of benzene rings is 1. The van der Waals surface area contributed by atoms with Gasteiger partial charge in [0.15, 0.2) is 5.96 Å². The second-order valence-corrected chi connectivity index (χ2v) is 7.80. The number of aliphatic imine (C=N–C) groups is 1. The number of amides is 2. The van der Waals surface area contributed by atoms with Crippen molar-refractivity contribution in [2.75, 3.05) is 46.9 Å². The second kappa shape index (κ2) is 14.3. The molecule has 31 heavy (non-hydrogen) atoms. The van der Waals surface area contributed by atoms with Crippen molar-refractivity contribution < 1.29 is 14.3 Å². The van der Waals surface area contributed by atoms with Crippen LogP contribution < -0.4 is 10.6 Å². The number of carbonyl (C=O) groups excluding carboxylic acids is 2. The minimum Gasteiger partial charge on any atom is -0.450 e. The molecule has 0 saturated carbocycles. The number of hydrogen-bond acceptors (Lipinski definition) is 4. The number of nitrogens with one attached hydrogen (secondary N) is 2. The van der Waals surface area contributed by atoms with Gasteiger partial charge in [-0.15, -0.1) is 24.0 Å². The number of ether oxygens (including phenoxy) is 1. The van der Waals surface area contributed by atoms with E-state index in [1.165, 1.54) is 10.5 Å². The molecule has 1 saturated heterocycles. The Morgan fingerprint density at radius 2 is 1.87 bits per heavy atom. The number of halogens is 2. The molecule has 2 rings (SSSR count). The molecule has 0 unspecified atom stereocenters. The minimum absolute atomic E-state index is 0. The van der Waals surface area contributed by atoms with E-state index in [0.717, 1.165) is 19.3 Å². The normalized spacial score (nSPS) is 14.5. The highest BCUT2D eigenvalue weighted by atomic mass is 127. The molecule has 1 aromatic rings. The maximum absolute atomic E-state index is 11.9. The van der Waals surface area contributed by atoms with E-state index in [2.05, 4.69) is 15.6 Å². The number of carbonyl (C=O) groups is 2. The van der Waals surface area contributed by atoms with Crippen LogP contribution in [0.5, 0.6) is 0 Å². The molecule has 1 heterocycles. The summed E-state index contributed by atoms with van der Waals surface area (Å²) in [6, 6.07) is 7.91. The Morgan fingerprint density at radius 3 is 2.45 bits per heavy atom. The Bertz CT molecular complexity index is 722. The summed E-state index contributed by atoms with van der Waals surface area (Å²) in [5, 5.41) is 7.43. The molecule has 0 aliphatic carbocycles. The Labute approximate surface area is 206 Å². The fourth-order valence-corrected chi connectivity index (χ4v) is 3.16. The van der Waals surface area contributed by atoms with Crippen molar-refractivity contribution in [3.05, 3.63) is 34.9 Å². The molecule has 0 aromatic heterocycles. The van der Waals surface area contributed by atoms with Gasteiger partial charge in [0.05, 0.1) is 6.61 Å². The van der Waals surface area contributed by atoms with E-state index in [-0.39, 0.29) is 48.6 Å². The molecule has 1 aromatic carbocycles. The lowest BCUT2D eigenvalue weighted by Crippen LogP contribution is -2.50. The zero-order valence-electron chi connectivity index (χ0n) is 18.4. The number of likely N-dealkylation sites (tertiary alicyclic amines) is 1. The van der Waals surface area contributed by atoms with Crippen molar-refractivity contribution in [3.63, 3.8) is 0 Å². The lowest BCUT2D eigenvalue weighted by atomic mass is 10.1. The molecule has 0 radical (unpaired) electrons.